The Labute approximate surface area is 111 Å². The molecule has 0 aromatic carbocycles. The standard InChI is InChI=1S/C10H11BrN2O3S/c1-5-13(8(4-17-5)10(15)16)9(14)7-2-6(11)3-12-7/h2-3,5,8,12H,4H2,1H3,(H,15,16). The van der Waals surface area contributed by atoms with Gasteiger partial charge in [-0.2, -0.15) is 0 Å². The number of halogens is 1. The number of hydrogen-bond donors (Lipinski definition) is 2. The second kappa shape index (κ2) is 4.73. The van der Waals surface area contributed by atoms with Crippen LogP contribution in [0, 0.1) is 0 Å². The minimum Gasteiger partial charge on any atom is -0.480 e. The molecule has 5 nitrogen and oxygen atoms in total. The molecule has 0 aliphatic carbocycles. The summed E-state index contributed by atoms with van der Waals surface area (Å²) in [5.41, 5.74) is 0.400. The van der Waals surface area contributed by atoms with Crippen molar-refractivity contribution in [1.82, 2.24) is 9.88 Å². The third-order valence-electron chi connectivity index (χ3n) is 2.62. The number of aromatic nitrogens is 1. The molecule has 2 N–H and O–H groups in total. The third kappa shape index (κ3) is 2.35. The summed E-state index contributed by atoms with van der Waals surface area (Å²) in [6.45, 7) is 1.84. The highest BCUT2D eigenvalue weighted by molar-refractivity contribution is 9.10. The number of thioether (sulfide) groups is 1. The Morgan fingerprint density at radius 1 is 1.65 bits per heavy atom. The third-order valence-corrected chi connectivity index (χ3v) is 4.30. The fourth-order valence-electron chi connectivity index (χ4n) is 1.77. The summed E-state index contributed by atoms with van der Waals surface area (Å²) in [5.74, 6) is -0.800. The van der Waals surface area contributed by atoms with Gasteiger partial charge in [0.05, 0.1) is 5.37 Å². The summed E-state index contributed by atoms with van der Waals surface area (Å²) in [6.07, 6.45) is 1.65. The Hall–Kier alpha value is -0.950. The molecule has 1 saturated heterocycles. The number of carbonyl (C=O) groups is 2. The van der Waals surface area contributed by atoms with E-state index in [1.807, 2.05) is 6.92 Å². The monoisotopic (exact) mass is 318 g/mol. The number of aromatic amines is 1. The second-order valence-electron chi connectivity index (χ2n) is 3.73. The van der Waals surface area contributed by atoms with E-state index in [1.54, 1.807) is 12.3 Å². The summed E-state index contributed by atoms with van der Waals surface area (Å²) in [5, 5.41) is 8.96. The van der Waals surface area contributed by atoms with E-state index in [0.717, 1.165) is 4.47 Å². The summed E-state index contributed by atoms with van der Waals surface area (Å²) >= 11 is 4.71. The molecule has 0 spiro atoms. The minimum atomic E-state index is -0.958. The Bertz CT molecular complexity index is 462. The highest BCUT2D eigenvalue weighted by Crippen LogP contribution is 2.30. The predicted octanol–water partition coefficient (Wildman–Crippen LogP) is 1.77. The van der Waals surface area contributed by atoms with Crippen LogP contribution < -0.4 is 0 Å². The Morgan fingerprint density at radius 3 is 2.88 bits per heavy atom. The van der Waals surface area contributed by atoms with Gasteiger partial charge < -0.3 is 15.0 Å². The van der Waals surface area contributed by atoms with E-state index in [-0.39, 0.29) is 11.3 Å². The Balaban J connectivity index is 2.25. The SMILES string of the molecule is CC1SCC(C(=O)O)N1C(=O)c1cc(Br)c[nH]1. The van der Waals surface area contributed by atoms with Crippen LogP contribution in [0.5, 0.6) is 0 Å². The van der Waals surface area contributed by atoms with E-state index in [1.165, 1.54) is 16.7 Å². The zero-order valence-corrected chi connectivity index (χ0v) is 11.4. The summed E-state index contributed by atoms with van der Waals surface area (Å²) in [7, 11) is 0. The Kier molecular flexibility index (Phi) is 3.48. The number of amides is 1. The van der Waals surface area contributed by atoms with Gasteiger partial charge in [0.15, 0.2) is 0 Å². The number of carboxylic acid groups (broad SMARTS) is 1. The van der Waals surface area contributed by atoms with E-state index in [9.17, 15) is 9.59 Å². The molecule has 1 amide bonds. The van der Waals surface area contributed by atoms with E-state index >= 15 is 0 Å². The van der Waals surface area contributed by atoms with Crippen LogP contribution in [0.3, 0.4) is 0 Å². The van der Waals surface area contributed by atoms with E-state index in [0.29, 0.717) is 11.4 Å². The quantitative estimate of drug-likeness (QED) is 0.871. The van der Waals surface area contributed by atoms with Crippen LogP contribution in [0.1, 0.15) is 17.4 Å². The van der Waals surface area contributed by atoms with Crippen molar-refractivity contribution < 1.29 is 14.7 Å². The number of carbonyl (C=O) groups excluding carboxylic acids is 1. The summed E-state index contributed by atoms with van der Waals surface area (Å²) < 4.78 is 0.771. The molecule has 2 unspecified atom stereocenters. The van der Waals surface area contributed by atoms with Crippen LogP contribution in [0.4, 0.5) is 0 Å². The predicted molar refractivity (Wildman–Crippen MR) is 68.0 cm³/mol. The van der Waals surface area contributed by atoms with Crippen molar-refractivity contribution in [2.75, 3.05) is 5.75 Å². The number of rotatable bonds is 2. The molecule has 2 rings (SSSR count). The summed E-state index contributed by atoms with van der Waals surface area (Å²) in [4.78, 5) is 27.5. The van der Waals surface area contributed by atoms with Crippen LogP contribution in [0.2, 0.25) is 0 Å². The van der Waals surface area contributed by atoms with Crippen LogP contribution in [0.15, 0.2) is 16.7 Å². The number of carboxylic acids is 1. The fraction of sp³-hybridized carbons (Fsp3) is 0.400. The zero-order chi connectivity index (χ0) is 12.6. The maximum Gasteiger partial charge on any atom is 0.327 e. The first-order valence-corrected chi connectivity index (χ1v) is 6.86. The molecule has 7 heteroatoms. The van der Waals surface area contributed by atoms with Gasteiger partial charge in [-0.3, -0.25) is 4.79 Å². The topological polar surface area (TPSA) is 73.4 Å². The van der Waals surface area contributed by atoms with Gasteiger partial charge in [-0.25, -0.2) is 4.79 Å². The molecule has 0 bridgehead atoms. The van der Waals surface area contributed by atoms with Crippen molar-refractivity contribution in [2.45, 2.75) is 18.3 Å². The molecule has 1 aromatic rings. The van der Waals surface area contributed by atoms with Gasteiger partial charge >= 0.3 is 5.97 Å². The molecule has 1 fully saturated rings. The van der Waals surface area contributed by atoms with Crippen LogP contribution in [-0.2, 0) is 4.79 Å². The van der Waals surface area contributed by atoms with E-state index in [4.69, 9.17) is 5.11 Å². The van der Waals surface area contributed by atoms with Gasteiger partial charge in [-0.15, -0.1) is 11.8 Å². The molecule has 17 heavy (non-hydrogen) atoms. The van der Waals surface area contributed by atoms with Gasteiger partial charge in [-0.05, 0) is 28.9 Å². The van der Waals surface area contributed by atoms with Gasteiger partial charge in [0.1, 0.15) is 11.7 Å². The number of H-pyrrole nitrogens is 1. The first-order valence-electron chi connectivity index (χ1n) is 5.01. The lowest BCUT2D eigenvalue weighted by Gasteiger charge is -2.24. The molecule has 0 saturated carbocycles. The average molecular weight is 319 g/mol. The average Bonchev–Trinajstić information content (AvgIpc) is 2.83. The molecule has 1 aromatic heterocycles. The van der Waals surface area contributed by atoms with Crippen LogP contribution >= 0.6 is 27.7 Å². The van der Waals surface area contributed by atoms with E-state index in [2.05, 4.69) is 20.9 Å². The highest BCUT2D eigenvalue weighted by atomic mass is 79.9. The molecule has 1 aliphatic rings. The lowest BCUT2D eigenvalue weighted by atomic mass is 10.2. The first-order chi connectivity index (χ1) is 8.00. The maximum absolute atomic E-state index is 12.2. The van der Waals surface area contributed by atoms with Crippen LogP contribution in [0.25, 0.3) is 0 Å². The maximum atomic E-state index is 12.2. The van der Waals surface area contributed by atoms with Gasteiger partial charge in [-0.1, -0.05) is 0 Å². The van der Waals surface area contributed by atoms with Crippen molar-refractivity contribution in [3.63, 3.8) is 0 Å². The highest BCUT2D eigenvalue weighted by Gasteiger charge is 2.40. The molecule has 1 aliphatic heterocycles. The number of hydrogen-bond acceptors (Lipinski definition) is 3. The molecule has 2 heterocycles. The van der Waals surface area contributed by atoms with E-state index < -0.39 is 12.0 Å². The smallest absolute Gasteiger partial charge is 0.327 e. The van der Waals surface area contributed by atoms with Gasteiger partial charge in [0.2, 0.25) is 0 Å². The minimum absolute atomic E-state index is 0.120. The van der Waals surface area contributed by atoms with Gasteiger partial charge in [0.25, 0.3) is 5.91 Å². The molecule has 92 valence electrons. The molecular weight excluding hydrogens is 308 g/mol. The molecule has 0 radical (unpaired) electrons. The van der Waals surface area contributed by atoms with Crippen molar-refractivity contribution in [1.29, 1.82) is 0 Å². The summed E-state index contributed by atoms with van der Waals surface area (Å²) in [6, 6.07) is 0.904. The first kappa shape index (κ1) is 12.5. The van der Waals surface area contributed by atoms with Crippen molar-refractivity contribution in [2.24, 2.45) is 0 Å². The molecular formula is C10H11BrN2O3S. The normalized spacial score (nSPS) is 24.0. The van der Waals surface area contributed by atoms with Crippen molar-refractivity contribution in [3.8, 4) is 0 Å². The van der Waals surface area contributed by atoms with Crippen LogP contribution in [-0.4, -0.2) is 44.0 Å². The van der Waals surface area contributed by atoms with Gasteiger partial charge in [0, 0.05) is 16.4 Å². The van der Waals surface area contributed by atoms with Crippen molar-refractivity contribution in [3.05, 3.63) is 22.4 Å². The number of nitrogens with zero attached hydrogens (tertiary/aromatic N) is 1. The molecule has 2 atom stereocenters. The number of aliphatic carboxylic acids is 1. The Morgan fingerprint density at radius 2 is 2.35 bits per heavy atom. The lowest BCUT2D eigenvalue weighted by Crippen LogP contribution is -2.44. The number of nitrogens with one attached hydrogen (secondary N) is 1. The zero-order valence-electron chi connectivity index (χ0n) is 9.01. The fourth-order valence-corrected chi connectivity index (χ4v) is 3.28. The lowest BCUT2D eigenvalue weighted by molar-refractivity contribution is -0.141. The second-order valence-corrected chi connectivity index (χ2v) is 6.00. The largest absolute Gasteiger partial charge is 0.480 e. The van der Waals surface area contributed by atoms with Crippen molar-refractivity contribution >= 4 is 39.6 Å².